The molecule has 1 aromatic rings. The molecule has 0 radical (unpaired) electrons. The number of hydrogen-bond acceptors (Lipinski definition) is 3. The maximum Gasteiger partial charge on any atom is 0.387 e. The zero-order valence-electron chi connectivity index (χ0n) is 12.4. The Labute approximate surface area is 127 Å². The number of halogens is 2. The number of para-hydroxylation sites is 2. The van der Waals surface area contributed by atoms with Crippen LogP contribution < -0.4 is 20.7 Å². The highest BCUT2D eigenvalue weighted by Gasteiger charge is 2.16. The number of urea groups is 1. The van der Waals surface area contributed by atoms with Crippen LogP contribution in [0.5, 0.6) is 5.75 Å². The SMILES string of the molecule is CCCNC(=O)[C@@H](C)NC(=O)Nc1ccccc1OC(F)F. The van der Waals surface area contributed by atoms with Gasteiger partial charge in [-0.15, -0.1) is 0 Å². The molecular weight excluding hydrogens is 296 g/mol. The van der Waals surface area contributed by atoms with Gasteiger partial charge in [0.25, 0.3) is 0 Å². The fraction of sp³-hybridized carbons (Fsp3) is 0.429. The highest BCUT2D eigenvalue weighted by Crippen LogP contribution is 2.25. The Hall–Kier alpha value is -2.38. The number of amides is 3. The molecule has 0 unspecified atom stereocenters. The summed E-state index contributed by atoms with van der Waals surface area (Å²) in [6.45, 7) is 0.944. The van der Waals surface area contributed by atoms with Crippen molar-refractivity contribution in [2.24, 2.45) is 0 Å². The van der Waals surface area contributed by atoms with Gasteiger partial charge in [-0.25, -0.2) is 4.79 Å². The molecular formula is C14H19F2N3O3. The topological polar surface area (TPSA) is 79.5 Å². The third-order valence-electron chi connectivity index (χ3n) is 2.64. The van der Waals surface area contributed by atoms with Gasteiger partial charge in [-0.2, -0.15) is 8.78 Å². The van der Waals surface area contributed by atoms with E-state index < -0.39 is 18.7 Å². The lowest BCUT2D eigenvalue weighted by Gasteiger charge is -2.16. The molecule has 1 rings (SSSR count). The van der Waals surface area contributed by atoms with Crippen molar-refractivity contribution in [3.63, 3.8) is 0 Å². The monoisotopic (exact) mass is 315 g/mol. The van der Waals surface area contributed by atoms with E-state index in [1.54, 1.807) is 6.07 Å². The summed E-state index contributed by atoms with van der Waals surface area (Å²) in [5, 5.41) is 7.42. The molecule has 0 spiro atoms. The van der Waals surface area contributed by atoms with Crippen LogP contribution in [-0.2, 0) is 4.79 Å². The van der Waals surface area contributed by atoms with Crippen LogP contribution in [0.2, 0.25) is 0 Å². The van der Waals surface area contributed by atoms with Crippen molar-refractivity contribution in [2.45, 2.75) is 32.9 Å². The highest BCUT2D eigenvalue weighted by molar-refractivity contribution is 5.94. The van der Waals surface area contributed by atoms with E-state index in [0.29, 0.717) is 6.54 Å². The first kappa shape index (κ1) is 17.7. The minimum absolute atomic E-state index is 0.0847. The molecule has 122 valence electrons. The Morgan fingerprint density at radius 3 is 2.59 bits per heavy atom. The van der Waals surface area contributed by atoms with Crippen LogP contribution in [0, 0.1) is 0 Å². The van der Waals surface area contributed by atoms with Crippen LogP contribution in [0.1, 0.15) is 20.3 Å². The van der Waals surface area contributed by atoms with Gasteiger partial charge >= 0.3 is 12.6 Å². The van der Waals surface area contributed by atoms with Crippen molar-refractivity contribution in [1.29, 1.82) is 0 Å². The fourth-order valence-corrected chi connectivity index (χ4v) is 1.59. The Morgan fingerprint density at radius 1 is 1.27 bits per heavy atom. The number of alkyl halides is 2. The van der Waals surface area contributed by atoms with E-state index in [2.05, 4.69) is 20.7 Å². The predicted molar refractivity (Wildman–Crippen MR) is 78.0 cm³/mol. The number of rotatable bonds is 7. The molecule has 6 nitrogen and oxygen atoms in total. The molecule has 0 aliphatic carbocycles. The number of carbonyl (C=O) groups is 2. The molecule has 0 heterocycles. The highest BCUT2D eigenvalue weighted by atomic mass is 19.3. The van der Waals surface area contributed by atoms with Gasteiger partial charge in [0, 0.05) is 6.54 Å². The predicted octanol–water partition coefficient (Wildman–Crippen LogP) is 2.32. The summed E-state index contributed by atoms with van der Waals surface area (Å²) in [6.07, 6.45) is 0.781. The van der Waals surface area contributed by atoms with Crippen molar-refractivity contribution in [1.82, 2.24) is 10.6 Å². The molecule has 3 amide bonds. The standard InChI is InChI=1S/C14H19F2N3O3/c1-3-8-17-12(20)9(2)18-14(21)19-10-6-4-5-7-11(10)22-13(15)16/h4-7,9,13H,3,8H2,1-2H3,(H,17,20)(H2,18,19,21)/t9-/m1/s1. The number of hydrogen-bond donors (Lipinski definition) is 3. The first-order chi connectivity index (χ1) is 10.4. The summed E-state index contributed by atoms with van der Waals surface area (Å²) >= 11 is 0. The van der Waals surface area contributed by atoms with Gasteiger partial charge in [0.1, 0.15) is 11.8 Å². The van der Waals surface area contributed by atoms with Crippen LogP contribution in [0.3, 0.4) is 0 Å². The fourth-order valence-electron chi connectivity index (χ4n) is 1.59. The number of benzene rings is 1. The maximum absolute atomic E-state index is 12.3. The smallest absolute Gasteiger partial charge is 0.387 e. The summed E-state index contributed by atoms with van der Waals surface area (Å²) in [5.41, 5.74) is 0.0847. The van der Waals surface area contributed by atoms with E-state index >= 15 is 0 Å². The largest absolute Gasteiger partial charge is 0.433 e. The normalized spacial score (nSPS) is 11.7. The van der Waals surface area contributed by atoms with Crippen LogP contribution >= 0.6 is 0 Å². The van der Waals surface area contributed by atoms with Gasteiger partial charge in [-0.05, 0) is 25.5 Å². The molecule has 0 saturated heterocycles. The third-order valence-corrected chi connectivity index (χ3v) is 2.64. The molecule has 1 atom stereocenters. The lowest BCUT2D eigenvalue weighted by atomic mass is 10.3. The van der Waals surface area contributed by atoms with E-state index in [1.807, 2.05) is 6.92 Å². The van der Waals surface area contributed by atoms with Crippen LogP contribution in [0.25, 0.3) is 0 Å². The Balaban J connectivity index is 2.60. The van der Waals surface area contributed by atoms with Crippen molar-refractivity contribution >= 4 is 17.6 Å². The molecule has 0 aliphatic rings. The Bertz CT molecular complexity index is 512. The van der Waals surface area contributed by atoms with Gasteiger partial charge in [-0.3, -0.25) is 4.79 Å². The number of anilines is 1. The van der Waals surface area contributed by atoms with Crippen LogP contribution in [0.15, 0.2) is 24.3 Å². The van der Waals surface area contributed by atoms with E-state index in [9.17, 15) is 18.4 Å². The second-order valence-electron chi connectivity index (χ2n) is 4.49. The molecule has 3 N–H and O–H groups in total. The van der Waals surface area contributed by atoms with E-state index in [-0.39, 0.29) is 17.3 Å². The first-order valence-electron chi connectivity index (χ1n) is 6.83. The molecule has 0 fully saturated rings. The molecule has 0 bridgehead atoms. The minimum Gasteiger partial charge on any atom is -0.433 e. The summed E-state index contributed by atoms with van der Waals surface area (Å²) in [5.74, 6) is -0.482. The van der Waals surface area contributed by atoms with Gasteiger partial charge < -0.3 is 20.7 Å². The Kier molecular flexibility index (Phi) is 7.07. The average Bonchev–Trinajstić information content (AvgIpc) is 2.46. The zero-order chi connectivity index (χ0) is 16.5. The van der Waals surface area contributed by atoms with Gasteiger partial charge in [0.05, 0.1) is 5.69 Å². The molecule has 22 heavy (non-hydrogen) atoms. The molecule has 0 saturated carbocycles. The van der Waals surface area contributed by atoms with Gasteiger partial charge in [-0.1, -0.05) is 19.1 Å². The number of nitrogens with one attached hydrogen (secondary N) is 3. The summed E-state index contributed by atoms with van der Waals surface area (Å²) in [7, 11) is 0. The second-order valence-corrected chi connectivity index (χ2v) is 4.49. The summed E-state index contributed by atoms with van der Waals surface area (Å²) in [4.78, 5) is 23.4. The molecule has 1 aromatic carbocycles. The Morgan fingerprint density at radius 2 is 1.95 bits per heavy atom. The number of carbonyl (C=O) groups excluding carboxylic acids is 2. The first-order valence-corrected chi connectivity index (χ1v) is 6.83. The lowest BCUT2D eigenvalue weighted by Crippen LogP contribution is -2.46. The maximum atomic E-state index is 12.3. The van der Waals surface area contributed by atoms with Crippen LogP contribution in [0.4, 0.5) is 19.3 Å². The summed E-state index contributed by atoms with van der Waals surface area (Å²) < 4.78 is 28.8. The quantitative estimate of drug-likeness (QED) is 0.722. The molecule has 0 aromatic heterocycles. The van der Waals surface area contributed by atoms with Crippen molar-refractivity contribution in [3.8, 4) is 5.75 Å². The molecule has 0 aliphatic heterocycles. The van der Waals surface area contributed by atoms with E-state index in [4.69, 9.17) is 0 Å². The lowest BCUT2D eigenvalue weighted by molar-refractivity contribution is -0.122. The van der Waals surface area contributed by atoms with Crippen molar-refractivity contribution in [3.05, 3.63) is 24.3 Å². The van der Waals surface area contributed by atoms with E-state index in [0.717, 1.165) is 6.42 Å². The zero-order valence-corrected chi connectivity index (χ0v) is 12.4. The minimum atomic E-state index is -3.00. The van der Waals surface area contributed by atoms with Crippen molar-refractivity contribution in [2.75, 3.05) is 11.9 Å². The average molecular weight is 315 g/mol. The summed E-state index contributed by atoms with van der Waals surface area (Å²) in [6, 6.07) is 4.34. The van der Waals surface area contributed by atoms with Crippen molar-refractivity contribution < 1.29 is 23.1 Å². The number of ether oxygens (including phenoxy) is 1. The van der Waals surface area contributed by atoms with Gasteiger partial charge in [0.2, 0.25) is 5.91 Å². The molecule has 8 heteroatoms. The van der Waals surface area contributed by atoms with Crippen LogP contribution in [-0.4, -0.2) is 31.1 Å². The second kappa shape index (κ2) is 8.81. The van der Waals surface area contributed by atoms with Gasteiger partial charge in [0.15, 0.2) is 0 Å². The van der Waals surface area contributed by atoms with E-state index in [1.165, 1.54) is 25.1 Å². The third kappa shape index (κ3) is 5.94.